The largest absolute Gasteiger partial charge is 0.365 e. The number of carbonyl (C=O) groups is 1. The lowest BCUT2D eigenvalue weighted by Gasteiger charge is -2.30. The quantitative estimate of drug-likeness (QED) is 0.475. The Kier molecular flexibility index (Phi) is 5.91. The van der Waals surface area contributed by atoms with E-state index in [-0.39, 0.29) is 29.3 Å². The first-order chi connectivity index (χ1) is 14.5. The van der Waals surface area contributed by atoms with Gasteiger partial charge in [0.25, 0.3) is 5.91 Å². The summed E-state index contributed by atoms with van der Waals surface area (Å²) in [6.07, 6.45) is 7.17. The smallest absolute Gasteiger partial charge is 0.252 e. The van der Waals surface area contributed by atoms with E-state index in [1.54, 1.807) is 23.7 Å². The highest BCUT2D eigenvalue weighted by atomic mass is 32.1. The normalized spacial score (nSPS) is 18.7. The van der Waals surface area contributed by atoms with Gasteiger partial charge in [0.1, 0.15) is 5.82 Å². The minimum atomic E-state index is -0.772. The van der Waals surface area contributed by atoms with Gasteiger partial charge in [0.05, 0.1) is 17.4 Å². The van der Waals surface area contributed by atoms with Crippen LogP contribution in [0.25, 0.3) is 11.1 Å². The van der Waals surface area contributed by atoms with Crippen molar-refractivity contribution in [3.05, 3.63) is 52.7 Å². The number of rotatable bonds is 6. The molecule has 1 saturated carbocycles. The van der Waals surface area contributed by atoms with Gasteiger partial charge in [-0.3, -0.25) is 9.78 Å². The fourth-order valence-corrected chi connectivity index (χ4v) is 4.28. The van der Waals surface area contributed by atoms with Crippen LogP contribution in [0.5, 0.6) is 0 Å². The van der Waals surface area contributed by atoms with Crippen LogP contribution in [0.1, 0.15) is 36.0 Å². The van der Waals surface area contributed by atoms with Gasteiger partial charge in [-0.1, -0.05) is 12.8 Å². The van der Waals surface area contributed by atoms with Crippen LogP contribution in [0.4, 0.5) is 21.7 Å². The molecule has 2 atom stereocenters. The molecule has 156 valence electrons. The molecule has 7 nitrogen and oxygen atoms in total. The summed E-state index contributed by atoms with van der Waals surface area (Å²) in [5.41, 5.74) is 14.2. The fraction of sp³-hybridized carbons (Fsp3) is 0.286. The third kappa shape index (κ3) is 4.42. The number of anilines is 3. The highest BCUT2D eigenvalue weighted by Gasteiger charge is 2.24. The van der Waals surface area contributed by atoms with E-state index in [0.29, 0.717) is 5.69 Å². The molecule has 3 aromatic heterocycles. The maximum atomic E-state index is 14.6. The van der Waals surface area contributed by atoms with Crippen molar-refractivity contribution < 1.29 is 9.18 Å². The Bertz CT molecular complexity index is 1040. The molecule has 1 fully saturated rings. The number of nitrogens with two attached hydrogens (primary N) is 2. The third-order valence-electron chi connectivity index (χ3n) is 5.24. The van der Waals surface area contributed by atoms with E-state index in [4.69, 9.17) is 11.5 Å². The van der Waals surface area contributed by atoms with Crippen LogP contribution in [0.3, 0.4) is 0 Å². The zero-order chi connectivity index (χ0) is 21.1. The Labute approximate surface area is 177 Å². The van der Waals surface area contributed by atoms with Gasteiger partial charge in [-0.2, -0.15) is 11.3 Å². The van der Waals surface area contributed by atoms with E-state index in [1.807, 2.05) is 22.9 Å². The van der Waals surface area contributed by atoms with Crippen molar-refractivity contribution in [2.75, 3.05) is 10.6 Å². The molecule has 9 heteroatoms. The molecule has 0 aliphatic heterocycles. The summed E-state index contributed by atoms with van der Waals surface area (Å²) in [7, 11) is 0. The van der Waals surface area contributed by atoms with Gasteiger partial charge >= 0.3 is 0 Å². The highest BCUT2D eigenvalue weighted by Crippen LogP contribution is 2.28. The van der Waals surface area contributed by atoms with Crippen molar-refractivity contribution in [2.24, 2.45) is 11.5 Å². The molecule has 0 spiro atoms. The lowest BCUT2D eigenvalue weighted by molar-refractivity contribution is 0.100. The average Bonchev–Trinajstić information content (AvgIpc) is 3.27. The molecule has 0 aromatic carbocycles. The van der Waals surface area contributed by atoms with E-state index < -0.39 is 11.7 Å². The lowest BCUT2D eigenvalue weighted by atomic mass is 9.91. The van der Waals surface area contributed by atoms with Crippen molar-refractivity contribution in [3.8, 4) is 11.1 Å². The number of carbonyl (C=O) groups excluding carboxylic acids is 1. The summed E-state index contributed by atoms with van der Waals surface area (Å²) < 4.78 is 14.6. The van der Waals surface area contributed by atoms with Crippen molar-refractivity contribution in [2.45, 2.75) is 37.8 Å². The van der Waals surface area contributed by atoms with E-state index in [9.17, 15) is 9.18 Å². The van der Waals surface area contributed by atoms with Crippen molar-refractivity contribution in [1.82, 2.24) is 9.97 Å². The fourth-order valence-electron chi connectivity index (χ4n) is 3.62. The van der Waals surface area contributed by atoms with Gasteiger partial charge in [0, 0.05) is 23.8 Å². The third-order valence-corrected chi connectivity index (χ3v) is 5.92. The second-order valence-corrected chi connectivity index (χ2v) is 8.16. The second kappa shape index (κ2) is 8.76. The predicted molar refractivity (Wildman–Crippen MR) is 117 cm³/mol. The molecular weight excluding hydrogens is 403 g/mol. The minimum Gasteiger partial charge on any atom is -0.365 e. The molecule has 6 N–H and O–H groups in total. The molecule has 0 unspecified atom stereocenters. The monoisotopic (exact) mass is 426 g/mol. The molecule has 1 amide bonds. The Balaban J connectivity index is 1.64. The van der Waals surface area contributed by atoms with Crippen LogP contribution >= 0.6 is 11.3 Å². The van der Waals surface area contributed by atoms with Crippen LogP contribution in [0.15, 0.2) is 41.4 Å². The Hall–Kier alpha value is -3.04. The summed E-state index contributed by atoms with van der Waals surface area (Å²) in [6, 6.07) is 4.83. The maximum Gasteiger partial charge on any atom is 0.252 e. The van der Waals surface area contributed by atoms with E-state index >= 15 is 0 Å². The summed E-state index contributed by atoms with van der Waals surface area (Å²) in [4.78, 5) is 20.5. The summed E-state index contributed by atoms with van der Waals surface area (Å²) in [6.45, 7) is 0. The minimum absolute atomic E-state index is 0.0353. The zero-order valence-corrected chi connectivity index (χ0v) is 17.1. The molecule has 0 saturated heterocycles. The number of aromatic nitrogens is 2. The predicted octanol–water partition coefficient (Wildman–Crippen LogP) is 3.87. The first kappa shape index (κ1) is 20.2. The molecule has 1 aliphatic rings. The number of hydrogen-bond acceptors (Lipinski definition) is 7. The van der Waals surface area contributed by atoms with E-state index in [2.05, 4.69) is 20.6 Å². The molecule has 4 rings (SSSR count). The second-order valence-electron chi connectivity index (χ2n) is 7.38. The topological polar surface area (TPSA) is 119 Å². The number of nitrogens with zero attached hydrogens (tertiary/aromatic N) is 2. The van der Waals surface area contributed by atoms with Gasteiger partial charge in [-0.15, -0.1) is 0 Å². The average molecular weight is 427 g/mol. The summed E-state index contributed by atoms with van der Waals surface area (Å²) in [5, 5.41) is 10.2. The summed E-state index contributed by atoms with van der Waals surface area (Å²) in [5.74, 6) is -1.20. The van der Waals surface area contributed by atoms with Crippen LogP contribution in [0, 0.1) is 5.82 Å². The Morgan fingerprint density at radius 1 is 1.17 bits per heavy atom. The SMILES string of the molecule is NC(=O)c1cc(F)c(N[C@@H]2CCCC[C@@H]2N)nc1Nc1cncc(-c2ccsc2)c1. The standard InChI is InChI=1S/C21H23FN6OS/c22-16-8-15(19(24)29)20(28-21(16)27-18-4-2-1-3-17(18)23)26-14-7-13(9-25-10-14)12-5-6-30-11-12/h5-11,17-18H,1-4,23H2,(H2,24,29)(H2,26,27,28)/t17-,18+/m0/s1. The number of amides is 1. The van der Waals surface area contributed by atoms with Crippen LogP contribution in [-0.4, -0.2) is 28.0 Å². The van der Waals surface area contributed by atoms with Gasteiger partial charge in [-0.05, 0) is 47.4 Å². The van der Waals surface area contributed by atoms with Crippen LogP contribution < -0.4 is 22.1 Å². The highest BCUT2D eigenvalue weighted by molar-refractivity contribution is 7.08. The maximum absolute atomic E-state index is 14.6. The molecule has 3 heterocycles. The number of halogens is 1. The molecule has 0 bridgehead atoms. The molecule has 1 aliphatic carbocycles. The van der Waals surface area contributed by atoms with Gasteiger partial charge < -0.3 is 22.1 Å². The van der Waals surface area contributed by atoms with Gasteiger partial charge in [0.2, 0.25) is 0 Å². The van der Waals surface area contributed by atoms with Gasteiger partial charge in [-0.25, -0.2) is 9.37 Å². The number of nitrogens with one attached hydrogen (secondary N) is 2. The number of thiophene rings is 1. The number of primary amides is 1. The number of pyridine rings is 2. The number of hydrogen-bond donors (Lipinski definition) is 4. The molecule has 3 aromatic rings. The Morgan fingerprint density at radius 3 is 2.73 bits per heavy atom. The lowest BCUT2D eigenvalue weighted by Crippen LogP contribution is -2.43. The van der Waals surface area contributed by atoms with Gasteiger partial charge in [0.15, 0.2) is 11.6 Å². The van der Waals surface area contributed by atoms with Crippen molar-refractivity contribution in [1.29, 1.82) is 0 Å². The van der Waals surface area contributed by atoms with Crippen LogP contribution in [0.2, 0.25) is 0 Å². The molecule has 0 radical (unpaired) electrons. The molecule has 30 heavy (non-hydrogen) atoms. The van der Waals surface area contributed by atoms with E-state index in [0.717, 1.165) is 42.9 Å². The summed E-state index contributed by atoms with van der Waals surface area (Å²) >= 11 is 1.59. The molecular formula is C21H23FN6OS. The first-order valence-electron chi connectivity index (χ1n) is 9.78. The zero-order valence-electron chi connectivity index (χ0n) is 16.3. The first-order valence-corrected chi connectivity index (χ1v) is 10.7. The Morgan fingerprint density at radius 2 is 2.00 bits per heavy atom. The van der Waals surface area contributed by atoms with E-state index in [1.165, 1.54) is 0 Å². The van der Waals surface area contributed by atoms with Crippen molar-refractivity contribution >= 4 is 34.6 Å². The van der Waals surface area contributed by atoms with Crippen LogP contribution in [-0.2, 0) is 0 Å². The van der Waals surface area contributed by atoms with Crippen molar-refractivity contribution in [3.63, 3.8) is 0 Å².